The van der Waals surface area contributed by atoms with E-state index in [0.29, 0.717) is 11.7 Å². The van der Waals surface area contributed by atoms with Crippen molar-refractivity contribution in [3.63, 3.8) is 0 Å². The van der Waals surface area contributed by atoms with Crippen LogP contribution in [-0.2, 0) is 38.0 Å². The van der Waals surface area contributed by atoms with Gasteiger partial charge in [0.1, 0.15) is 12.2 Å². The fourth-order valence-electron chi connectivity index (χ4n) is 8.22. The number of Topliss-reactive ketones (excluding diaryl/α,β-unsaturated/α-hetero) is 1. The molecule has 258 valence electrons. The van der Waals surface area contributed by atoms with Gasteiger partial charge in [-0.25, -0.2) is 4.98 Å². The van der Waals surface area contributed by atoms with Crippen molar-refractivity contribution in [2.45, 2.75) is 128 Å². The van der Waals surface area contributed by atoms with Gasteiger partial charge in [-0.05, 0) is 69.8 Å². The number of esters is 1. The number of fused-ring (bicyclic) bond motifs is 8. The molecule has 12 atom stereocenters. The molecule has 2 heterocycles. The van der Waals surface area contributed by atoms with Gasteiger partial charge in [0.25, 0.3) is 0 Å². The van der Waals surface area contributed by atoms with E-state index in [-0.39, 0.29) is 78.1 Å². The summed E-state index contributed by atoms with van der Waals surface area (Å²) < 4.78 is 35.9. The van der Waals surface area contributed by atoms with E-state index in [1.54, 1.807) is 21.3 Å². The molecule has 1 aromatic rings. The van der Waals surface area contributed by atoms with Gasteiger partial charge in [-0.3, -0.25) is 9.59 Å². The summed E-state index contributed by atoms with van der Waals surface area (Å²) in [5, 5.41) is 0.520. The lowest BCUT2D eigenvalue weighted by Crippen LogP contribution is -2.43. The summed E-state index contributed by atoms with van der Waals surface area (Å²) in [6, 6.07) is 0. The second-order valence-corrected chi connectivity index (χ2v) is 14.8. The maximum atomic E-state index is 14.0. The van der Waals surface area contributed by atoms with E-state index >= 15 is 0 Å². The van der Waals surface area contributed by atoms with Crippen molar-refractivity contribution >= 4 is 28.2 Å². The molecule has 46 heavy (non-hydrogen) atoms. The number of carbonyl (C=O) groups excluding carboxylic acids is 2. The summed E-state index contributed by atoms with van der Waals surface area (Å²) in [7, 11) is 4.93. The van der Waals surface area contributed by atoms with Crippen molar-refractivity contribution in [3.05, 3.63) is 22.2 Å². The fourth-order valence-corrected chi connectivity index (χ4v) is 9.34. The Morgan fingerprint density at radius 2 is 1.83 bits per heavy atom. The molecule has 1 aromatic heterocycles. The fraction of sp³-hybridized carbons (Fsp3) is 0.800. The van der Waals surface area contributed by atoms with E-state index in [1.807, 2.05) is 20.8 Å². The van der Waals surface area contributed by atoms with Crippen LogP contribution in [0.4, 0.5) is 5.13 Å². The van der Waals surface area contributed by atoms with Crippen molar-refractivity contribution in [2.24, 2.45) is 23.7 Å². The number of aromatic nitrogens is 1. The topological polar surface area (TPSA) is 128 Å². The van der Waals surface area contributed by atoms with Gasteiger partial charge in [-0.15, -0.1) is 11.3 Å². The van der Waals surface area contributed by atoms with Crippen LogP contribution in [0.25, 0.3) is 0 Å². The Morgan fingerprint density at radius 3 is 2.52 bits per heavy atom. The Labute approximate surface area is 278 Å². The SMILES string of the molecule is CC[C@H]1CCCC[C@@H](C)C(=O)C2=CC3[C@@H](c4sc(N)nc4[C@@H]4C[C@@H](OC(OC(C)[C@@H](C)OC)[C@H](COC)OC)C[C@@H]34)[C@@H]2CC(=O)O1. The number of rotatable bonds is 11. The van der Waals surface area contributed by atoms with Crippen LogP contribution in [0.3, 0.4) is 0 Å². The Balaban J connectivity index is 1.46. The van der Waals surface area contributed by atoms with Gasteiger partial charge < -0.3 is 34.2 Å². The van der Waals surface area contributed by atoms with Gasteiger partial charge in [0.2, 0.25) is 0 Å². The van der Waals surface area contributed by atoms with Gasteiger partial charge in [0.05, 0.1) is 37.0 Å². The molecule has 1 saturated carbocycles. The van der Waals surface area contributed by atoms with Crippen LogP contribution in [0.15, 0.2) is 11.6 Å². The summed E-state index contributed by atoms with van der Waals surface area (Å²) >= 11 is 1.51. The van der Waals surface area contributed by atoms with Crippen LogP contribution in [0.5, 0.6) is 0 Å². The van der Waals surface area contributed by atoms with Gasteiger partial charge in [0.15, 0.2) is 17.2 Å². The molecule has 0 amide bonds. The first-order valence-corrected chi connectivity index (χ1v) is 18.0. The Morgan fingerprint density at radius 1 is 1.07 bits per heavy atom. The third-order valence-corrected chi connectivity index (χ3v) is 12.0. The second kappa shape index (κ2) is 15.6. The largest absolute Gasteiger partial charge is 0.462 e. The molecule has 3 aliphatic carbocycles. The quantitative estimate of drug-likeness (QED) is 0.230. The first-order valence-electron chi connectivity index (χ1n) is 17.2. The van der Waals surface area contributed by atoms with Crippen molar-refractivity contribution in [1.29, 1.82) is 0 Å². The van der Waals surface area contributed by atoms with Crippen LogP contribution < -0.4 is 5.73 Å². The van der Waals surface area contributed by atoms with Gasteiger partial charge >= 0.3 is 5.97 Å². The highest BCUT2D eigenvalue weighted by Gasteiger charge is 2.56. The Kier molecular flexibility index (Phi) is 12.0. The Hall–Kier alpha value is -1.89. The number of ether oxygens (including phenoxy) is 6. The van der Waals surface area contributed by atoms with Gasteiger partial charge in [0, 0.05) is 49.9 Å². The minimum absolute atomic E-state index is 0.0404. The number of carbonyl (C=O) groups is 2. The van der Waals surface area contributed by atoms with E-state index in [1.165, 1.54) is 11.3 Å². The predicted molar refractivity (Wildman–Crippen MR) is 176 cm³/mol. The molecule has 2 N–H and O–H groups in total. The number of anilines is 1. The normalized spacial score (nSPS) is 34.1. The highest BCUT2D eigenvalue weighted by molar-refractivity contribution is 7.15. The molecule has 3 unspecified atom stereocenters. The smallest absolute Gasteiger partial charge is 0.306 e. The number of ketones is 1. The minimum atomic E-state index is -0.668. The van der Waals surface area contributed by atoms with Crippen LogP contribution in [0.2, 0.25) is 0 Å². The van der Waals surface area contributed by atoms with E-state index in [2.05, 4.69) is 13.0 Å². The average Bonchev–Trinajstić information content (AvgIpc) is 3.74. The standard InChI is InChI=1S/C35H54N2O8S/c1-8-21-12-10-9-11-18(2)32(39)27-15-24-23-13-22(45-34(28(42-7)17-40-5)43-20(4)19(3)41-6)14-26(23)31-33(46-35(36)37-31)30(24)25(27)16-29(38)44-21/h15,18-26,28,30,34H,8-14,16-17H2,1-7H3,(H2,36,37)/t18-,19-,20?,21+,22+,23+,24?,25-,26-,28+,30-,34?/m1/s1. The molecule has 0 aromatic carbocycles. The van der Waals surface area contributed by atoms with Crippen LogP contribution in [0.1, 0.15) is 101 Å². The highest BCUT2D eigenvalue weighted by Crippen LogP contribution is 2.62. The third-order valence-electron chi connectivity index (χ3n) is 11.0. The molecule has 5 rings (SSSR count). The molecular weight excluding hydrogens is 608 g/mol. The zero-order valence-corrected chi connectivity index (χ0v) is 29.4. The summed E-state index contributed by atoms with van der Waals surface area (Å²) in [6.45, 7) is 8.35. The summed E-state index contributed by atoms with van der Waals surface area (Å²) in [5.74, 6) is -0.0619. The minimum Gasteiger partial charge on any atom is -0.462 e. The zero-order valence-electron chi connectivity index (χ0n) is 28.6. The maximum absolute atomic E-state index is 14.0. The van der Waals surface area contributed by atoms with Crippen LogP contribution in [-0.4, -0.2) is 81.5 Å². The van der Waals surface area contributed by atoms with Gasteiger partial charge in [-0.2, -0.15) is 0 Å². The van der Waals surface area contributed by atoms with Gasteiger partial charge in [-0.1, -0.05) is 26.3 Å². The number of allylic oxidation sites excluding steroid dienone is 2. The highest BCUT2D eigenvalue weighted by atomic mass is 32.1. The molecule has 4 aliphatic rings. The molecule has 0 spiro atoms. The van der Waals surface area contributed by atoms with Crippen molar-refractivity contribution in [3.8, 4) is 0 Å². The lowest BCUT2D eigenvalue weighted by Gasteiger charge is -2.37. The van der Waals surface area contributed by atoms with Crippen molar-refractivity contribution in [1.82, 2.24) is 4.98 Å². The molecule has 1 saturated heterocycles. The third kappa shape index (κ3) is 7.39. The van der Waals surface area contributed by atoms with Crippen molar-refractivity contribution in [2.75, 3.05) is 33.7 Å². The second-order valence-electron chi connectivity index (χ2n) is 13.8. The molecule has 11 heteroatoms. The van der Waals surface area contributed by atoms with E-state index in [0.717, 1.165) is 61.1 Å². The lowest BCUT2D eigenvalue weighted by atomic mass is 9.68. The van der Waals surface area contributed by atoms with E-state index in [4.69, 9.17) is 39.1 Å². The first-order chi connectivity index (χ1) is 22.1. The van der Waals surface area contributed by atoms with Crippen LogP contribution in [0, 0.1) is 23.7 Å². The van der Waals surface area contributed by atoms with Crippen LogP contribution >= 0.6 is 11.3 Å². The molecule has 10 nitrogen and oxygen atoms in total. The monoisotopic (exact) mass is 662 g/mol. The molecule has 2 fully saturated rings. The number of nitrogens with zero attached hydrogens (tertiary/aromatic N) is 1. The molecule has 0 bridgehead atoms. The summed E-state index contributed by atoms with van der Waals surface area (Å²) in [5.41, 5.74) is 8.18. The number of methoxy groups -OCH3 is 3. The molecular formula is C35H54N2O8S. The maximum Gasteiger partial charge on any atom is 0.306 e. The Bertz CT molecular complexity index is 1240. The first kappa shape index (κ1) is 35.4. The van der Waals surface area contributed by atoms with E-state index in [9.17, 15) is 9.59 Å². The average molecular weight is 663 g/mol. The molecule has 0 radical (unpaired) electrons. The number of cyclic esters (lactones) is 1. The number of hydrogen-bond acceptors (Lipinski definition) is 11. The summed E-state index contributed by atoms with van der Waals surface area (Å²) in [4.78, 5) is 33.5. The lowest BCUT2D eigenvalue weighted by molar-refractivity contribution is -0.255. The predicted octanol–water partition coefficient (Wildman–Crippen LogP) is 5.79. The number of hydrogen-bond donors (Lipinski definition) is 1. The van der Waals surface area contributed by atoms with E-state index < -0.39 is 12.4 Å². The summed E-state index contributed by atoms with van der Waals surface area (Å²) in [6.07, 6.45) is 6.60. The zero-order chi connectivity index (χ0) is 33.1. The number of nitrogens with two attached hydrogens (primary N) is 1. The number of nitrogen functional groups attached to an aromatic ring is 1. The number of thiazole rings is 1. The van der Waals surface area contributed by atoms with Crippen molar-refractivity contribution < 1.29 is 38.0 Å². The molecule has 1 aliphatic heterocycles.